The minimum absolute atomic E-state index is 0.267. The Morgan fingerprint density at radius 2 is 1.88 bits per heavy atom. The average molecular weight is 236 g/mol. The van der Waals surface area contributed by atoms with Gasteiger partial charge in [0.05, 0.1) is 6.61 Å². The molecule has 0 amide bonds. The van der Waals surface area contributed by atoms with Crippen molar-refractivity contribution in [3.05, 3.63) is 35.4 Å². The molecule has 3 nitrogen and oxygen atoms in total. The van der Waals surface area contributed by atoms with Crippen molar-refractivity contribution in [3.8, 4) is 0 Å². The molecule has 0 aliphatic carbocycles. The third-order valence-electron chi connectivity index (χ3n) is 2.73. The zero-order valence-electron chi connectivity index (χ0n) is 10.7. The first-order valence-electron chi connectivity index (χ1n) is 6.01. The Bertz CT molecular complexity index is 366. The van der Waals surface area contributed by atoms with Gasteiger partial charge in [-0.25, -0.2) is 4.79 Å². The van der Waals surface area contributed by atoms with Gasteiger partial charge in [0.15, 0.2) is 5.60 Å². The van der Waals surface area contributed by atoms with E-state index in [2.05, 4.69) is 6.92 Å². The number of aliphatic hydroxyl groups is 1. The Balaban J connectivity index is 2.87. The van der Waals surface area contributed by atoms with Crippen LogP contribution in [-0.2, 0) is 21.6 Å². The molecule has 3 heteroatoms. The molecule has 0 aromatic heterocycles. The molecule has 1 rings (SSSR count). The lowest BCUT2D eigenvalue weighted by molar-refractivity contribution is -0.164. The van der Waals surface area contributed by atoms with Crippen molar-refractivity contribution in [3.63, 3.8) is 0 Å². The summed E-state index contributed by atoms with van der Waals surface area (Å²) in [6.45, 7) is 5.56. The van der Waals surface area contributed by atoms with Crippen LogP contribution in [0, 0.1) is 0 Å². The Labute approximate surface area is 102 Å². The summed E-state index contributed by atoms with van der Waals surface area (Å²) in [5, 5.41) is 10.1. The predicted octanol–water partition coefficient (Wildman–Crippen LogP) is 2.41. The molecule has 1 aromatic rings. The lowest BCUT2D eigenvalue weighted by Gasteiger charge is -2.21. The van der Waals surface area contributed by atoms with Crippen LogP contribution in [0.2, 0.25) is 0 Å². The molecule has 0 aliphatic heterocycles. The molecule has 0 spiro atoms. The van der Waals surface area contributed by atoms with E-state index >= 15 is 0 Å². The average Bonchev–Trinajstić information content (AvgIpc) is 2.30. The quantitative estimate of drug-likeness (QED) is 0.799. The predicted molar refractivity (Wildman–Crippen MR) is 66.6 cm³/mol. The number of ether oxygens (including phenoxy) is 1. The number of hydrogen-bond donors (Lipinski definition) is 1. The van der Waals surface area contributed by atoms with E-state index in [4.69, 9.17) is 4.74 Å². The Morgan fingerprint density at radius 3 is 2.35 bits per heavy atom. The molecule has 1 aromatic carbocycles. The van der Waals surface area contributed by atoms with Crippen LogP contribution in [0.5, 0.6) is 0 Å². The van der Waals surface area contributed by atoms with E-state index in [1.165, 1.54) is 12.5 Å². The van der Waals surface area contributed by atoms with Gasteiger partial charge in [-0.15, -0.1) is 0 Å². The van der Waals surface area contributed by atoms with Gasteiger partial charge in [0, 0.05) is 0 Å². The van der Waals surface area contributed by atoms with Crippen molar-refractivity contribution in [1.29, 1.82) is 0 Å². The molecule has 94 valence electrons. The van der Waals surface area contributed by atoms with Crippen LogP contribution in [0.25, 0.3) is 0 Å². The van der Waals surface area contributed by atoms with Gasteiger partial charge in [0.25, 0.3) is 0 Å². The summed E-state index contributed by atoms with van der Waals surface area (Å²) in [6, 6.07) is 7.43. The zero-order valence-corrected chi connectivity index (χ0v) is 10.7. The molecule has 0 saturated heterocycles. The number of carbonyl (C=O) groups excluding carboxylic acids is 1. The number of hydrogen-bond acceptors (Lipinski definition) is 3. The second-order valence-electron chi connectivity index (χ2n) is 4.24. The summed E-state index contributed by atoms with van der Waals surface area (Å²) in [7, 11) is 0. The van der Waals surface area contributed by atoms with Gasteiger partial charge in [-0.3, -0.25) is 0 Å². The molecule has 0 aliphatic rings. The second kappa shape index (κ2) is 5.82. The molecule has 0 bridgehead atoms. The Morgan fingerprint density at radius 1 is 1.29 bits per heavy atom. The third kappa shape index (κ3) is 3.30. The zero-order chi connectivity index (χ0) is 12.9. The summed E-state index contributed by atoms with van der Waals surface area (Å²) in [4.78, 5) is 11.6. The molecule has 1 unspecified atom stereocenters. The first kappa shape index (κ1) is 13.7. The van der Waals surface area contributed by atoms with E-state index in [0.29, 0.717) is 5.56 Å². The van der Waals surface area contributed by atoms with E-state index in [1.54, 1.807) is 19.1 Å². The van der Waals surface area contributed by atoms with Gasteiger partial charge < -0.3 is 9.84 Å². The highest BCUT2D eigenvalue weighted by molar-refractivity contribution is 5.80. The number of rotatable bonds is 5. The number of benzene rings is 1. The van der Waals surface area contributed by atoms with Gasteiger partial charge in [-0.2, -0.15) is 0 Å². The van der Waals surface area contributed by atoms with E-state index in [-0.39, 0.29) is 6.61 Å². The molecular formula is C14H20O3. The van der Waals surface area contributed by atoms with E-state index in [1.807, 2.05) is 12.1 Å². The van der Waals surface area contributed by atoms with Gasteiger partial charge in [-0.1, -0.05) is 37.6 Å². The Hall–Kier alpha value is -1.35. The summed E-state index contributed by atoms with van der Waals surface area (Å²) in [6.07, 6.45) is 2.08. The van der Waals surface area contributed by atoms with E-state index in [0.717, 1.165) is 12.8 Å². The van der Waals surface area contributed by atoms with Crippen LogP contribution in [-0.4, -0.2) is 17.7 Å². The summed E-state index contributed by atoms with van der Waals surface area (Å²) < 4.78 is 4.85. The molecule has 1 N–H and O–H groups in total. The van der Waals surface area contributed by atoms with E-state index in [9.17, 15) is 9.90 Å². The van der Waals surface area contributed by atoms with Crippen molar-refractivity contribution in [2.24, 2.45) is 0 Å². The highest BCUT2D eigenvalue weighted by atomic mass is 16.5. The third-order valence-corrected chi connectivity index (χ3v) is 2.73. The second-order valence-corrected chi connectivity index (χ2v) is 4.24. The number of esters is 1. The molecular weight excluding hydrogens is 216 g/mol. The molecule has 1 atom stereocenters. The molecule has 0 heterocycles. The van der Waals surface area contributed by atoms with Gasteiger partial charge in [0.1, 0.15) is 0 Å². The summed E-state index contributed by atoms with van der Waals surface area (Å²) in [5.41, 5.74) is 0.201. The van der Waals surface area contributed by atoms with Crippen molar-refractivity contribution in [1.82, 2.24) is 0 Å². The molecule has 0 saturated carbocycles. The minimum atomic E-state index is -1.57. The van der Waals surface area contributed by atoms with Crippen LogP contribution >= 0.6 is 0 Å². The smallest absolute Gasteiger partial charge is 0.342 e. The topological polar surface area (TPSA) is 46.5 Å². The maximum Gasteiger partial charge on any atom is 0.342 e. The Kier molecular flexibility index (Phi) is 4.70. The van der Waals surface area contributed by atoms with Crippen LogP contribution in [0.4, 0.5) is 0 Å². The van der Waals surface area contributed by atoms with Crippen molar-refractivity contribution in [2.45, 2.75) is 39.2 Å². The number of carbonyl (C=O) groups is 1. The normalized spacial score (nSPS) is 14.1. The molecule has 0 radical (unpaired) electrons. The van der Waals surface area contributed by atoms with Crippen molar-refractivity contribution in [2.75, 3.05) is 6.61 Å². The first-order chi connectivity index (χ1) is 8.02. The lowest BCUT2D eigenvalue weighted by Crippen LogP contribution is -2.34. The molecule has 0 fully saturated rings. The fourth-order valence-corrected chi connectivity index (χ4v) is 1.67. The van der Waals surface area contributed by atoms with Crippen LogP contribution in [0.15, 0.2) is 24.3 Å². The van der Waals surface area contributed by atoms with Crippen LogP contribution in [0.1, 0.15) is 38.3 Å². The summed E-state index contributed by atoms with van der Waals surface area (Å²) >= 11 is 0. The lowest BCUT2D eigenvalue weighted by atomic mass is 9.94. The van der Waals surface area contributed by atoms with Gasteiger partial charge >= 0.3 is 5.97 Å². The fraction of sp³-hybridized carbons (Fsp3) is 0.500. The standard InChI is InChI=1S/C14H20O3/c1-4-6-11-7-9-12(10-8-11)14(3,16)13(15)17-5-2/h7-10,16H,4-6H2,1-3H3. The van der Waals surface area contributed by atoms with Gasteiger partial charge in [-0.05, 0) is 31.4 Å². The minimum Gasteiger partial charge on any atom is -0.464 e. The number of aryl methyl sites for hydroxylation is 1. The fourth-order valence-electron chi connectivity index (χ4n) is 1.67. The van der Waals surface area contributed by atoms with Crippen molar-refractivity contribution >= 4 is 5.97 Å². The maximum atomic E-state index is 11.6. The first-order valence-corrected chi connectivity index (χ1v) is 6.01. The van der Waals surface area contributed by atoms with Gasteiger partial charge in [0.2, 0.25) is 0 Å². The monoisotopic (exact) mass is 236 g/mol. The maximum absolute atomic E-state index is 11.6. The molecule has 17 heavy (non-hydrogen) atoms. The van der Waals surface area contributed by atoms with E-state index < -0.39 is 11.6 Å². The highest BCUT2D eigenvalue weighted by Crippen LogP contribution is 2.22. The van der Waals surface area contributed by atoms with Crippen LogP contribution in [0.3, 0.4) is 0 Å². The largest absolute Gasteiger partial charge is 0.464 e. The SMILES string of the molecule is CCCc1ccc(C(C)(O)C(=O)OCC)cc1. The van der Waals surface area contributed by atoms with Crippen LogP contribution < -0.4 is 0 Å². The van der Waals surface area contributed by atoms with Crippen molar-refractivity contribution < 1.29 is 14.6 Å². The highest BCUT2D eigenvalue weighted by Gasteiger charge is 2.33. The summed E-state index contributed by atoms with van der Waals surface area (Å²) in [5.74, 6) is -0.608.